The van der Waals surface area contributed by atoms with Gasteiger partial charge in [0.05, 0.1) is 17.0 Å². The largest absolute Gasteiger partial charge is 0.492 e. The van der Waals surface area contributed by atoms with Gasteiger partial charge in [0.1, 0.15) is 5.82 Å². The predicted molar refractivity (Wildman–Crippen MR) is 143 cm³/mol. The van der Waals surface area contributed by atoms with Gasteiger partial charge in [-0.15, -0.1) is 5.10 Å². The SMILES string of the molecule is Cc1nc2sc(C(c3ccccc3)N3CCN(C(c4ccccc4)c4ccccc4)CC3)c(O)n2n1. The Bertz CT molecular complexity index is 1390. The third-order valence-corrected chi connectivity index (χ3v) is 8.05. The molecule has 1 N–H and O–H groups in total. The Labute approximate surface area is 215 Å². The second kappa shape index (κ2) is 9.85. The van der Waals surface area contributed by atoms with Crippen LogP contribution in [-0.4, -0.2) is 55.7 Å². The van der Waals surface area contributed by atoms with Gasteiger partial charge in [-0.25, -0.2) is 4.98 Å². The van der Waals surface area contributed by atoms with Gasteiger partial charge in [-0.1, -0.05) is 102 Å². The highest BCUT2D eigenvalue weighted by Gasteiger charge is 2.33. The number of aryl methyl sites for hydroxylation is 1. The number of aromatic nitrogens is 3. The fraction of sp³-hybridized carbons (Fsp3) is 0.241. The van der Waals surface area contributed by atoms with E-state index < -0.39 is 0 Å². The van der Waals surface area contributed by atoms with Crippen LogP contribution in [0.15, 0.2) is 91.0 Å². The highest BCUT2D eigenvalue weighted by atomic mass is 32.1. The summed E-state index contributed by atoms with van der Waals surface area (Å²) in [7, 11) is 0. The Kier molecular flexibility index (Phi) is 6.27. The molecule has 0 radical (unpaired) electrons. The summed E-state index contributed by atoms with van der Waals surface area (Å²) < 4.78 is 1.57. The Morgan fingerprint density at radius 2 is 1.14 bits per heavy atom. The van der Waals surface area contributed by atoms with Gasteiger partial charge in [-0.05, 0) is 23.6 Å². The number of rotatable bonds is 6. The van der Waals surface area contributed by atoms with Gasteiger partial charge in [0.2, 0.25) is 10.8 Å². The van der Waals surface area contributed by atoms with Crippen LogP contribution in [0.1, 0.15) is 39.5 Å². The number of fused-ring (bicyclic) bond motifs is 1. The molecule has 1 aliphatic heterocycles. The summed E-state index contributed by atoms with van der Waals surface area (Å²) in [6.07, 6.45) is 0. The first-order valence-electron chi connectivity index (χ1n) is 12.4. The third-order valence-electron chi connectivity index (χ3n) is 6.98. The highest BCUT2D eigenvalue weighted by molar-refractivity contribution is 7.17. The summed E-state index contributed by atoms with van der Waals surface area (Å²) >= 11 is 1.53. The van der Waals surface area contributed by atoms with E-state index in [2.05, 4.69) is 105 Å². The minimum atomic E-state index is -0.0472. The first-order valence-corrected chi connectivity index (χ1v) is 13.2. The van der Waals surface area contributed by atoms with E-state index >= 15 is 0 Å². The highest BCUT2D eigenvalue weighted by Crippen LogP contribution is 2.41. The van der Waals surface area contributed by atoms with Crippen molar-refractivity contribution in [3.8, 4) is 5.88 Å². The van der Waals surface area contributed by atoms with Gasteiger partial charge in [0.25, 0.3) is 0 Å². The van der Waals surface area contributed by atoms with Gasteiger partial charge in [0.15, 0.2) is 0 Å². The molecule has 1 saturated heterocycles. The maximum absolute atomic E-state index is 11.1. The van der Waals surface area contributed by atoms with Gasteiger partial charge in [0, 0.05) is 26.2 Å². The third kappa shape index (κ3) is 4.30. The monoisotopic (exact) mass is 495 g/mol. The predicted octanol–water partition coefficient (Wildman–Crippen LogP) is 5.30. The van der Waals surface area contributed by atoms with Crippen LogP contribution in [-0.2, 0) is 0 Å². The van der Waals surface area contributed by atoms with E-state index in [0.717, 1.165) is 36.0 Å². The van der Waals surface area contributed by atoms with Crippen LogP contribution in [0, 0.1) is 6.92 Å². The van der Waals surface area contributed by atoms with Crippen LogP contribution in [0.2, 0.25) is 0 Å². The van der Waals surface area contributed by atoms with Crippen molar-refractivity contribution >= 4 is 16.3 Å². The van der Waals surface area contributed by atoms with Crippen molar-refractivity contribution in [1.82, 2.24) is 24.4 Å². The van der Waals surface area contributed by atoms with Crippen molar-refractivity contribution in [3.05, 3.63) is 118 Å². The van der Waals surface area contributed by atoms with E-state index in [1.165, 1.54) is 28.0 Å². The van der Waals surface area contributed by atoms with Crippen molar-refractivity contribution in [1.29, 1.82) is 0 Å². The molecule has 1 atom stereocenters. The molecule has 1 aliphatic rings. The zero-order valence-electron chi connectivity index (χ0n) is 20.2. The van der Waals surface area contributed by atoms with Crippen LogP contribution < -0.4 is 0 Å². The number of thiazole rings is 1. The number of piperazine rings is 1. The summed E-state index contributed by atoms with van der Waals surface area (Å²) in [6, 6.07) is 32.2. The number of hydrogen-bond acceptors (Lipinski definition) is 6. The molecule has 0 aliphatic carbocycles. The molecule has 2 aromatic heterocycles. The van der Waals surface area contributed by atoms with Gasteiger partial charge in [-0.3, -0.25) is 9.80 Å². The molecule has 5 aromatic rings. The quantitative estimate of drug-likeness (QED) is 0.346. The molecule has 0 saturated carbocycles. The molecule has 7 heteroatoms. The molecular weight excluding hydrogens is 466 g/mol. The second-order valence-electron chi connectivity index (χ2n) is 9.25. The number of aromatic hydroxyl groups is 1. The van der Waals surface area contributed by atoms with E-state index in [0.29, 0.717) is 5.82 Å². The van der Waals surface area contributed by atoms with E-state index in [1.54, 1.807) is 4.52 Å². The molecule has 6 nitrogen and oxygen atoms in total. The molecule has 3 heterocycles. The summed E-state index contributed by atoms with van der Waals surface area (Å²) in [5.41, 5.74) is 3.80. The summed E-state index contributed by atoms with van der Waals surface area (Å²) in [5, 5.41) is 15.5. The van der Waals surface area contributed by atoms with Crippen LogP contribution >= 0.6 is 11.3 Å². The molecule has 0 bridgehead atoms. The summed E-state index contributed by atoms with van der Waals surface area (Å²) in [5.74, 6) is 0.860. The Balaban J connectivity index is 1.31. The van der Waals surface area contributed by atoms with Crippen molar-refractivity contribution in [2.24, 2.45) is 0 Å². The van der Waals surface area contributed by atoms with Crippen LogP contribution in [0.4, 0.5) is 0 Å². The minimum absolute atomic E-state index is 0.0472. The number of hydrogen-bond donors (Lipinski definition) is 1. The molecule has 182 valence electrons. The average Bonchev–Trinajstić information content (AvgIpc) is 3.44. The molecule has 3 aromatic carbocycles. The lowest BCUT2D eigenvalue weighted by molar-refractivity contribution is 0.0899. The van der Waals surface area contributed by atoms with Crippen LogP contribution in [0.5, 0.6) is 5.88 Å². The van der Waals surface area contributed by atoms with Gasteiger partial charge < -0.3 is 5.11 Å². The lowest BCUT2D eigenvalue weighted by Gasteiger charge is -2.42. The van der Waals surface area contributed by atoms with Crippen LogP contribution in [0.25, 0.3) is 4.96 Å². The van der Waals surface area contributed by atoms with Crippen molar-refractivity contribution in [2.45, 2.75) is 19.0 Å². The average molecular weight is 496 g/mol. The topological polar surface area (TPSA) is 56.9 Å². The zero-order valence-corrected chi connectivity index (χ0v) is 21.1. The first kappa shape index (κ1) is 22.9. The Hall–Kier alpha value is -3.52. The standard InChI is InChI=1S/C29H29N5OS/c1-21-30-29-34(31-21)28(35)27(36-29)26(24-15-9-4-10-16-24)33-19-17-32(18-20-33)25(22-11-5-2-6-12-22)23-13-7-3-8-14-23/h2-16,25-26,35H,17-20H2,1H3. The molecule has 1 fully saturated rings. The smallest absolute Gasteiger partial charge is 0.230 e. The van der Waals surface area contributed by atoms with E-state index in [-0.39, 0.29) is 18.0 Å². The molecule has 0 amide bonds. The van der Waals surface area contributed by atoms with Gasteiger partial charge in [-0.2, -0.15) is 4.52 Å². The van der Waals surface area contributed by atoms with Crippen molar-refractivity contribution in [2.75, 3.05) is 26.2 Å². The Morgan fingerprint density at radius 3 is 1.61 bits per heavy atom. The van der Waals surface area contributed by atoms with Crippen molar-refractivity contribution < 1.29 is 5.11 Å². The van der Waals surface area contributed by atoms with Crippen molar-refractivity contribution in [3.63, 3.8) is 0 Å². The van der Waals surface area contributed by atoms with E-state index in [1.807, 2.05) is 13.0 Å². The first-order chi connectivity index (χ1) is 17.7. The molecule has 1 unspecified atom stereocenters. The molecule has 36 heavy (non-hydrogen) atoms. The van der Waals surface area contributed by atoms with E-state index in [9.17, 15) is 5.11 Å². The maximum atomic E-state index is 11.1. The van der Waals surface area contributed by atoms with Crippen LogP contribution in [0.3, 0.4) is 0 Å². The lowest BCUT2D eigenvalue weighted by atomic mass is 9.96. The second-order valence-corrected chi connectivity index (χ2v) is 10.3. The maximum Gasteiger partial charge on any atom is 0.230 e. The molecule has 6 rings (SSSR count). The fourth-order valence-corrected chi connectivity index (χ4v) is 6.49. The lowest BCUT2D eigenvalue weighted by Crippen LogP contribution is -2.49. The summed E-state index contributed by atoms with van der Waals surface area (Å²) in [4.78, 5) is 11.2. The van der Waals surface area contributed by atoms with Gasteiger partial charge >= 0.3 is 0 Å². The normalized spacial score (nSPS) is 16.1. The molecule has 0 spiro atoms. The fourth-order valence-electron chi connectivity index (χ4n) is 5.33. The Morgan fingerprint density at radius 1 is 0.694 bits per heavy atom. The zero-order chi connectivity index (χ0) is 24.5. The van der Waals surface area contributed by atoms with E-state index in [4.69, 9.17) is 0 Å². The molecular formula is C29H29N5OS. The minimum Gasteiger partial charge on any atom is -0.492 e. The number of nitrogens with zero attached hydrogens (tertiary/aromatic N) is 5. The number of benzene rings is 3. The summed E-state index contributed by atoms with van der Waals surface area (Å²) in [6.45, 7) is 5.49.